The summed E-state index contributed by atoms with van der Waals surface area (Å²) in [5.74, 6) is -0.896. The van der Waals surface area contributed by atoms with E-state index in [1.54, 1.807) is 31.2 Å². The zero-order chi connectivity index (χ0) is 20.9. The van der Waals surface area contributed by atoms with Crippen LogP contribution in [-0.4, -0.2) is 32.6 Å². The Morgan fingerprint density at radius 3 is 2.14 bits per heavy atom. The molecule has 0 radical (unpaired) electrons. The average Bonchev–Trinajstić information content (AvgIpc) is 2.67. The molecular formula is C21H25FN2O4. The van der Waals surface area contributed by atoms with E-state index in [2.05, 4.69) is 10.6 Å². The standard InChI is InChI=1S/C21H25FN2O4/c1-13-10-17(27-4)18(28-5)11-16(13)24-20(26)19(25)23-12-21(2,3)14-6-8-15(22)9-7-14/h6-11H,12H2,1-5H3,(H,23,25)(H,24,26). The highest BCUT2D eigenvalue weighted by Crippen LogP contribution is 2.32. The zero-order valence-corrected chi connectivity index (χ0v) is 16.7. The van der Waals surface area contributed by atoms with Gasteiger partial charge in [-0.05, 0) is 36.2 Å². The normalized spacial score (nSPS) is 10.9. The maximum absolute atomic E-state index is 13.1. The van der Waals surface area contributed by atoms with Crippen LogP contribution in [0.3, 0.4) is 0 Å². The summed E-state index contributed by atoms with van der Waals surface area (Å²) < 4.78 is 23.5. The number of methoxy groups -OCH3 is 2. The number of nitrogens with one attached hydrogen (secondary N) is 2. The lowest BCUT2D eigenvalue weighted by molar-refractivity contribution is -0.136. The number of hydrogen-bond donors (Lipinski definition) is 2. The van der Waals surface area contributed by atoms with Gasteiger partial charge in [0.2, 0.25) is 0 Å². The van der Waals surface area contributed by atoms with Crippen LogP contribution < -0.4 is 20.1 Å². The molecule has 0 unspecified atom stereocenters. The van der Waals surface area contributed by atoms with E-state index in [0.29, 0.717) is 17.2 Å². The fourth-order valence-corrected chi connectivity index (χ4v) is 2.68. The third-order valence-corrected chi connectivity index (χ3v) is 4.50. The Labute approximate surface area is 164 Å². The van der Waals surface area contributed by atoms with Crippen LogP contribution >= 0.6 is 0 Å². The van der Waals surface area contributed by atoms with Crippen molar-refractivity contribution in [3.05, 3.63) is 53.3 Å². The molecule has 0 saturated heterocycles. The van der Waals surface area contributed by atoms with E-state index < -0.39 is 17.2 Å². The first-order chi connectivity index (χ1) is 13.2. The van der Waals surface area contributed by atoms with Crippen molar-refractivity contribution < 1.29 is 23.5 Å². The van der Waals surface area contributed by atoms with Gasteiger partial charge in [0, 0.05) is 23.7 Å². The van der Waals surface area contributed by atoms with Gasteiger partial charge in [0.25, 0.3) is 0 Å². The van der Waals surface area contributed by atoms with E-state index >= 15 is 0 Å². The third-order valence-electron chi connectivity index (χ3n) is 4.50. The predicted octanol–water partition coefficient (Wildman–Crippen LogP) is 3.18. The van der Waals surface area contributed by atoms with Gasteiger partial charge in [-0.15, -0.1) is 0 Å². The van der Waals surface area contributed by atoms with Crippen molar-refractivity contribution in [2.45, 2.75) is 26.2 Å². The van der Waals surface area contributed by atoms with E-state index in [-0.39, 0.29) is 12.4 Å². The van der Waals surface area contributed by atoms with Crippen molar-refractivity contribution in [2.75, 3.05) is 26.1 Å². The second-order valence-corrected chi connectivity index (χ2v) is 7.05. The summed E-state index contributed by atoms with van der Waals surface area (Å²) in [6.45, 7) is 5.80. The van der Waals surface area contributed by atoms with Crippen molar-refractivity contribution >= 4 is 17.5 Å². The van der Waals surface area contributed by atoms with E-state index in [4.69, 9.17) is 9.47 Å². The number of anilines is 1. The van der Waals surface area contributed by atoms with Crippen molar-refractivity contribution in [1.82, 2.24) is 5.32 Å². The van der Waals surface area contributed by atoms with E-state index in [0.717, 1.165) is 11.1 Å². The fraction of sp³-hybridized carbons (Fsp3) is 0.333. The van der Waals surface area contributed by atoms with Crippen molar-refractivity contribution in [1.29, 1.82) is 0 Å². The van der Waals surface area contributed by atoms with Crippen LogP contribution in [0.2, 0.25) is 0 Å². The smallest absolute Gasteiger partial charge is 0.313 e. The van der Waals surface area contributed by atoms with Crippen LogP contribution in [0.25, 0.3) is 0 Å². The monoisotopic (exact) mass is 388 g/mol. The number of carbonyl (C=O) groups excluding carboxylic acids is 2. The number of hydrogen-bond acceptors (Lipinski definition) is 4. The molecule has 0 heterocycles. The van der Waals surface area contributed by atoms with Crippen molar-refractivity contribution in [3.8, 4) is 11.5 Å². The van der Waals surface area contributed by atoms with Crippen LogP contribution in [0.4, 0.5) is 10.1 Å². The molecule has 2 aromatic rings. The molecule has 0 atom stereocenters. The average molecular weight is 388 g/mol. The van der Waals surface area contributed by atoms with Crippen LogP contribution in [-0.2, 0) is 15.0 Å². The molecule has 28 heavy (non-hydrogen) atoms. The lowest BCUT2D eigenvalue weighted by Crippen LogP contribution is -2.42. The highest BCUT2D eigenvalue weighted by atomic mass is 19.1. The topological polar surface area (TPSA) is 76.7 Å². The molecule has 0 aliphatic rings. The van der Waals surface area contributed by atoms with Gasteiger partial charge in [0.05, 0.1) is 14.2 Å². The number of ether oxygens (including phenoxy) is 2. The second kappa shape index (κ2) is 8.73. The first kappa shape index (κ1) is 21.2. The SMILES string of the molecule is COc1cc(C)c(NC(=O)C(=O)NCC(C)(C)c2ccc(F)cc2)cc1OC. The van der Waals surface area contributed by atoms with Crippen molar-refractivity contribution in [2.24, 2.45) is 0 Å². The number of carbonyl (C=O) groups is 2. The van der Waals surface area contributed by atoms with E-state index in [1.165, 1.54) is 26.4 Å². The summed E-state index contributed by atoms with van der Waals surface area (Å²) in [4.78, 5) is 24.5. The molecule has 2 N–H and O–H groups in total. The summed E-state index contributed by atoms with van der Waals surface area (Å²) in [7, 11) is 3.01. The fourth-order valence-electron chi connectivity index (χ4n) is 2.68. The minimum absolute atomic E-state index is 0.218. The summed E-state index contributed by atoms with van der Waals surface area (Å²) in [5, 5.41) is 5.21. The molecule has 7 heteroatoms. The molecule has 0 bridgehead atoms. The van der Waals surface area contributed by atoms with Crippen LogP contribution in [0.1, 0.15) is 25.0 Å². The quantitative estimate of drug-likeness (QED) is 0.745. The molecular weight excluding hydrogens is 363 g/mol. The predicted molar refractivity (Wildman–Crippen MR) is 105 cm³/mol. The number of benzene rings is 2. The molecule has 2 amide bonds. The van der Waals surface area contributed by atoms with Gasteiger partial charge in [-0.3, -0.25) is 9.59 Å². The van der Waals surface area contributed by atoms with Gasteiger partial charge in [0.1, 0.15) is 5.82 Å². The highest BCUT2D eigenvalue weighted by Gasteiger charge is 2.24. The molecule has 0 aliphatic heterocycles. The maximum Gasteiger partial charge on any atom is 0.313 e. The zero-order valence-electron chi connectivity index (χ0n) is 16.7. The van der Waals surface area contributed by atoms with Gasteiger partial charge < -0.3 is 20.1 Å². The Bertz CT molecular complexity index is 863. The van der Waals surface area contributed by atoms with Crippen LogP contribution in [0.15, 0.2) is 36.4 Å². The molecule has 0 saturated carbocycles. The minimum atomic E-state index is -0.787. The van der Waals surface area contributed by atoms with Crippen LogP contribution in [0, 0.1) is 12.7 Å². The number of amides is 2. The molecule has 2 aromatic carbocycles. The maximum atomic E-state index is 13.1. The second-order valence-electron chi connectivity index (χ2n) is 7.05. The first-order valence-corrected chi connectivity index (χ1v) is 8.76. The lowest BCUT2D eigenvalue weighted by atomic mass is 9.84. The molecule has 0 fully saturated rings. The van der Waals surface area contributed by atoms with Gasteiger partial charge in [-0.2, -0.15) is 0 Å². The summed E-state index contributed by atoms with van der Waals surface area (Å²) >= 11 is 0. The summed E-state index contributed by atoms with van der Waals surface area (Å²) in [6.07, 6.45) is 0. The Morgan fingerprint density at radius 1 is 1.00 bits per heavy atom. The van der Waals surface area contributed by atoms with Gasteiger partial charge in [-0.25, -0.2) is 4.39 Å². The summed E-state index contributed by atoms with van der Waals surface area (Å²) in [5.41, 5.74) is 1.56. The highest BCUT2D eigenvalue weighted by molar-refractivity contribution is 6.39. The molecule has 2 rings (SSSR count). The molecule has 0 spiro atoms. The lowest BCUT2D eigenvalue weighted by Gasteiger charge is -2.25. The Kier molecular flexibility index (Phi) is 6.62. The summed E-state index contributed by atoms with van der Waals surface area (Å²) in [6, 6.07) is 9.37. The van der Waals surface area contributed by atoms with E-state index in [1.807, 2.05) is 13.8 Å². The number of halogens is 1. The van der Waals surface area contributed by atoms with Gasteiger partial charge in [-0.1, -0.05) is 26.0 Å². The van der Waals surface area contributed by atoms with Crippen molar-refractivity contribution in [3.63, 3.8) is 0 Å². The largest absolute Gasteiger partial charge is 0.493 e. The Hall–Kier alpha value is -3.09. The minimum Gasteiger partial charge on any atom is -0.493 e. The number of aryl methyl sites for hydroxylation is 1. The van der Waals surface area contributed by atoms with Gasteiger partial charge in [0.15, 0.2) is 11.5 Å². The van der Waals surface area contributed by atoms with E-state index in [9.17, 15) is 14.0 Å². The first-order valence-electron chi connectivity index (χ1n) is 8.76. The Balaban J connectivity index is 2.03. The van der Waals surface area contributed by atoms with Gasteiger partial charge >= 0.3 is 11.8 Å². The molecule has 0 aliphatic carbocycles. The molecule has 150 valence electrons. The van der Waals surface area contributed by atoms with Crippen LogP contribution in [0.5, 0.6) is 11.5 Å². The molecule has 6 nitrogen and oxygen atoms in total. The number of rotatable bonds is 6. The third kappa shape index (κ3) is 5.00. The Morgan fingerprint density at radius 2 is 1.57 bits per heavy atom. The molecule has 0 aromatic heterocycles.